The predicted molar refractivity (Wildman–Crippen MR) is 102 cm³/mol. The molecule has 0 spiro atoms. The van der Waals surface area contributed by atoms with Gasteiger partial charge in [-0.25, -0.2) is 0 Å². The van der Waals surface area contributed by atoms with Crippen molar-refractivity contribution in [3.8, 4) is 0 Å². The molecule has 0 saturated heterocycles. The van der Waals surface area contributed by atoms with E-state index < -0.39 is 11.8 Å². The number of fused-ring (bicyclic) bond motifs is 2. The van der Waals surface area contributed by atoms with Crippen molar-refractivity contribution < 1.29 is 19.1 Å². The number of allylic oxidation sites excluding steroid dienone is 2. The molecule has 26 heavy (non-hydrogen) atoms. The third-order valence-corrected chi connectivity index (χ3v) is 6.77. The van der Waals surface area contributed by atoms with E-state index in [1.54, 1.807) is 0 Å². The van der Waals surface area contributed by atoms with Crippen molar-refractivity contribution in [1.82, 2.24) is 0 Å². The second-order valence-corrected chi connectivity index (χ2v) is 9.59. The Bertz CT molecular complexity index is 551. The Kier molecular flexibility index (Phi) is 5.94. The van der Waals surface area contributed by atoms with E-state index in [4.69, 9.17) is 9.47 Å². The van der Waals surface area contributed by atoms with Crippen molar-refractivity contribution >= 4 is 11.9 Å². The van der Waals surface area contributed by atoms with Crippen LogP contribution in [-0.2, 0) is 19.1 Å². The third-order valence-electron chi connectivity index (χ3n) is 6.77. The van der Waals surface area contributed by atoms with Crippen molar-refractivity contribution in [1.29, 1.82) is 0 Å². The molecular formula is C22H36O4. The summed E-state index contributed by atoms with van der Waals surface area (Å²) in [5, 5.41) is 0. The Morgan fingerprint density at radius 3 is 1.42 bits per heavy atom. The topological polar surface area (TPSA) is 52.6 Å². The Morgan fingerprint density at radius 1 is 0.846 bits per heavy atom. The molecule has 2 bridgehead atoms. The fourth-order valence-corrected chi connectivity index (χ4v) is 4.73. The number of rotatable bonds is 6. The van der Waals surface area contributed by atoms with Gasteiger partial charge in [0.1, 0.15) is 0 Å². The van der Waals surface area contributed by atoms with Gasteiger partial charge in [-0.05, 0) is 38.5 Å². The van der Waals surface area contributed by atoms with Crippen LogP contribution in [0.3, 0.4) is 0 Å². The minimum absolute atomic E-state index is 0.245. The molecule has 3 aliphatic carbocycles. The Morgan fingerprint density at radius 2 is 1.15 bits per heavy atom. The molecule has 1 saturated carbocycles. The van der Waals surface area contributed by atoms with E-state index in [0.717, 1.165) is 12.8 Å². The van der Waals surface area contributed by atoms with E-state index in [9.17, 15) is 9.59 Å². The van der Waals surface area contributed by atoms with Crippen LogP contribution in [0.25, 0.3) is 0 Å². The minimum Gasteiger partial charge on any atom is -0.465 e. The summed E-state index contributed by atoms with van der Waals surface area (Å²) in [4.78, 5) is 26.2. The highest BCUT2D eigenvalue weighted by molar-refractivity contribution is 5.85. The molecule has 0 N–H and O–H groups in total. The van der Waals surface area contributed by atoms with Gasteiger partial charge in [0, 0.05) is 10.8 Å². The SMILES string of the molecule is CC1=C(C)C2(C)CCC1(C)C(C(=O)OCC(C)C)C2C(=O)OCC(C)C. The van der Waals surface area contributed by atoms with Gasteiger partial charge < -0.3 is 9.47 Å². The quantitative estimate of drug-likeness (QED) is 0.503. The van der Waals surface area contributed by atoms with Crippen molar-refractivity contribution in [2.24, 2.45) is 34.5 Å². The van der Waals surface area contributed by atoms with Gasteiger partial charge in [0.15, 0.2) is 0 Å². The van der Waals surface area contributed by atoms with E-state index >= 15 is 0 Å². The third kappa shape index (κ3) is 3.44. The van der Waals surface area contributed by atoms with Gasteiger partial charge in [0.25, 0.3) is 0 Å². The summed E-state index contributed by atoms with van der Waals surface area (Å²) < 4.78 is 11.3. The van der Waals surface area contributed by atoms with Gasteiger partial charge in [-0.1, -0.05) is 52.7 Å². The zero-order valence-corrected chi connectivity index (χ0v) is 17.8. The molecule has 4 nitrogen and oxygen atoms in total. The van der Waals surface area contributed by atoms with Crippen molar-refractivity contribution in [3.63, 3.8) is 0 Å². The summed E-state index contributed by atoms with van der Waals surface area (Å²) in [6.07, 6.45) is 1.81. The largest absolute Gasteiger partial charge is 0.465 e. The minimum atomic E-state index is -0.469. The van der Waals surface area contributed by atoms with E-state index in [1.165, 1.54) is 11.1 Å². The smallest absolute Gasteiger partial charge is 0.310 e. The number of esters is 2. The molecule has 0 aliphatic heterocycles. The molecule has 0 aromatic heterocycles. The normalized spacial score (nSPS) is 33.8. The van der Waals surface area contributed by atoms with E-state index in [2.05, 4.69) is 27.7 Å². The average molecular weight is 365 g/mol. The average Bonchev–Trinajstić information content (AvgIpc) is 2.56. The van der Waals surface area contributed by atoms with E-state index in [0.29, 0.717) is 13.2 Å². The van der Waals surface area contributed by atoms with Crippen LogP contribution in [0.1, 0.15) is 68.2 Å². The highest BCUT2D eigenvalue weighted by Crippen LogP contribution is 2.65. The lowest BCUT2D eigenvalue weighted by Gasteiger charge is -2.59. The first-order valence-electron chi connectivity index (χ1n) is 9.96. The number of hydrogen-bond acceptors (Lipinski definition) is 4. The number of carbonyl (C=O) groups excluding carboxylic acids is 2. The van der Waals surface area contributed by atoms with Gasteiger partial charge in [0.2, 0.25) is 0 Å². The molecule has 4 atom stereocenters. The second kappa shape index (κ2) is 7.36. The fourth-order valence-electron chi connectivity index (χ4n) is 4.73. The van der Waals surface area contributed by atoms with Crippen molar-refractivity contribution in [2.45, 2.75) is 68.2 Å². The summed E-state index contributed by atoms with van der Waals surface area (Å²) in [7, 11) is 0. The molecule has 1 fully saturated rings. The van der Waals surface area contributed by atoms with E-state index in [1.807, 2.05) is 27.7 Å². The summed E-state index contributed by atoms with van der Waals surface area (Å²) in [6, 6.07) is 0. The lowest BCUT2D eigenvalue weighted by atomic mass is 9.44. The zero-order chi connectivity index (χ0) is 19.9. The maximum Gasteiger partial charge on any atom is 0.310 e. The molecule has 4 heteroatoms. The Hall–Kier alpha value is -1.32. The molecular weight excluding hydrogens is 328 g/mol. The summed E-state index contributed by atoms with van der Waals surface area (Å²) in [5.41, 5.74) is 1.81. The van der Waals surface area contributed by atoms with Crippen LogP contribution in [0.15, 0.2) is 11.1 Å². The van der Waals surface area contributed by atoms with Gasteiger partial charge in [-0.15, -0.1) is 0 Å². The summed E-state index contributed by atoms with van der Waals surface area (Å²) in [5.74, 6) is -0.886. The van der Waals surface area contributed by atoms with E-state index in [-0.39, 0.29) is 34.6 Å². The standard InChI is InChI=1S/C22H36O4/c1-13(2)11-25-19(23)17-18(20(24)26-12-14(3)4)22(8)10-9-21(17,7)15(5)16(22)6/h13-14,17-18H,9-12H2,1-8H3. The number of carbonyl (C=O) groups is 2. The van der Waals surface area contributed by atoms with Gasteiger partial charge in [-0.2, -0.15) is 0 Å². The molecule has 0 radical (unpaired) electrons. The molecule has 3 rings (SSSR count). The van der Waals surface area contributed by atoms with Crippen LogP contribution in [0, 0.1) is 34.5 Å². The highest BCUT2D eigenvalue weighted by Gasteiger charge is 2.64. The van der Waals surface area contributed by atoms with Crippen LogP contribution in [0.2, 0.25) is 0 Å². The fraction of sp³-hybridized carbons (Fsp3) is 0.818. The molecule has 0 amide bonds. The van der Waals surface area contributed by atoms with Crippen LogP contribution >= 0.6 is 0 Å². The number of hydrogen-bond donors (Lipinski definition) is 0. The van der Waals surface area contributed by atoms with Crippen molar-refractivity contribution in [2.75, 3.05) is 13.2 Å². The Balaban J connectivity index is 2.43. The first-order valence-corrected chi connectivity index (χ1v) is 9.96. The van der Waals surface area contributed by atoms with Crippen LogP contribution in [-0.4, -0.2) is 25.2 Å². The molecule has 3 aliphatic rings. The molecule has 4 unspecified atom stereocenters. The summed E-state index contributed by atoms with van der Waals surface area (Å²) >= 11 is 0. The lowest BCUT2D eigenvalue weighted by molar-refractivity contribution is -0.179. The molecule has 0 aromatic carbocycles. The van der Waals surface area contributed by atoms with Gasteiger partial charge >= 0.3 is 11.9 Å². The van der Waals surface area contributed by atoms with Crippen LogP contribution in [0.5, 0.6) is 0 Å². The van der Waals surface area contributed by atoms with Crippen LogP contribution < -0.4 is 0 Å². The van der Waals surface area contributed by atoms with Gasteiger partial charge in [-0.3, -0.25) is 9.59 Å². The monoisotopic (exact) mass is 364 g/mol. The zero-order valence-electron chi connectivity index (χ0n) is 17.8. The van der Waals surface area contributed by atoms with Crippen LogP contribution in [0.4, 0.5) is 0 Å². The first kappa shape index (κ1) is 21.0. The van der Waals surface area contributed by atoms with Gasteiger partial charge in [0.05, 0.1) is 25.0 Å². The summed E-state index contributed by atoms with van der Waals surface area (Å²) in [6.45, 7) is 17.3. The predicted octanol–water partition coefficient (Wildman–Crippen LogP) is 4.77. The van der Waals surface area contributed by atoms with Crippen molar-refractivity contribution in [3.05, 3.63) is 11.1 Å². The number of ether oxygens (including phenoxy) is 2. The maximum atomic E-state index is 13.1. The first-order chi connectivity index (χ1) is 11.9. The second-order valence-electron chi connectivity index (χ2n) is 9.59. The lowest BCUT2D eigenvalue weighted by Crippen LogP contribution is -2.58. The Labute approximate surface area is 158 Å². The maximum absolute atomic E-state index is 13.1. The molecule has 0 heterocycles. The molecule has 0 aromatic rings. The highest BCUT2D eigenvalue weighted by atomic mass is 16.5. The molecule has 148 valence electrons.